The first-order valence-corrected chi connectivity index (χ1v) is 8.58. The SMILES string of the molecule is NC(=O)[C@H]1c2ccccc2CCN1CCc1ccc2c(c1)CCO2. The fraction of sp³-hybridized carbons (Fsp3) is 0.350. The standard InChI is InChI=1S/C20H22N2O2/c21-20(23)19-17-4-2-1-3-15(17)8-11-22(19)10-7-14-5-6-18-16(13-14)9-12-24-18/h1-6,13,19H,7-12H2,(H2,21,23)/t19-/m1/s1. The first-order valence-electron chi connectivity index (χ1n) is 8.58. The number of ether oxygens (including phenoxy) is 1. The summed E-state index contributed by atoms with van der Waals surface area (Å²) in [6.45, 7) is 2.49. The van der Waals surface area contributed by atoms with Gasteiger partial charge in [0.2, 0.25) is 5.91 Å². The van der Waals surface area contributed by atoms with E-state index in [0.717, 1.165) is 50.3 Å². The maximum atomic E-state index is 12.1. The maximum absolute atomic E-state index is 12.1. The predicted molar refractivity (Wildman–Crippen MR) is 93.0 cm³/mol. The minimum absolute atomic E-state index is 0.260. The van der Waals surface area contributed by atoms with Gasteiger partial charge in [0.15, 0.2) is 0 Å². The number of carbonyl (C=O) groups excluding carboxylic acids is 1. The molecule has 0 bridgehead atoms. The van der Waals surface area contributed by atoms with Crippen molar-refractivity contribution in [2.24, 2.45) is 5.73 Å². The highest BCUT2D eigenvalue weighted by Crippen LogP contribution is 2.30. The summed E-state index contributed by atoms with van der Waals surface area (Å²) in [4.78, 5) is 14.3. The molecule has 2 N–H and O–H groups in total. The molecule has 0 aliphatic carbocycles. The fourth-order valence-electron chi connectivity index (χ4n) is 3.86. The highest BCUT2D eigenvalue weighted by atomic mass is 16.5. The molecule has 2 aromatic rings. The number of amides is 1. The molecule has 4 heteroatoms. The van der Waals surface area contributed by atoms with Crippen LogP contribution in [0.2, 0.25) is 0 Å². The van der Waals surface area contributed by atoms with Crippen molar-refractivity contribution in [3.05, 3.63) is 64.7 Å². The van der Waals surface area contributed by atoms with Gasteiger partial charge < -0.3 is 10.5 Å². The summed E-state index contributed by atoms with van der Waals surface area (Å²) in [7, 11) is 0. The van der Waals surface area contributed by atoms with Crippen molar-refractivity contribution in [2.75, 3.05) is 19.7 Å². The zero-order chi connectivity index (χ0) is 16.5. The minimum Gasteiger partial charge on any atom is -0.493 e. The lowest BCUT2D eigenvalue weighted by Crippen LogP contribution is -2.43. The van der Waals surface area contributed by atoms with E-state index in [1.165, 1.54) is 16.7 Å². The Morgan fingerprint density at radius 2 is 2.04 bits per heavy atom. The third-order valence-electron chi connectivity index (χ3n) is 5.09. The van der Waals surface area contributed by atoms with Crippen molar-refractivity contribution in [3.8, 4) is 5.75 Å². The van der Waals surface area contributed by atoms with E-state index in [2.05, 4.69) is 29.2 Å². The van der Waals surface area contributed by atoms with Crippen LogP contribution in [-0.2, 0) is 24.1 Å². The Balaban J connectivity index is 1.51. The molecule has 0 radical (unpaired) electrons. The topological polar surface area (TPSA) is 55.6 Å². The lowest BCUT2D eigenvalue weighted by Gasteiger charge is -2.35. The molecule has 4 nitrogen and oxygen atoms in total. The second-order valence-electron chi connectivity index (χ2n) is 6.58. The van der Waals surface area contributed by atoms with Gasteiger partial charge in [0, 0.05) is 19.5 Å². The van der Waals surface area contributed by atoms with Crippen LogP contribution in [0.1, 0.15) is 28.3 Å². The van der Waals surface area contributed by atoms with E-state index in [-0.39, 0.29) is 11.9 Å². The number of nitrogens with zero attached hydrogens (tertiary/aromatic N) is 1. The molecule has 124 valence electrons. The number of rotatable bonds is 4. The second kappa shape index (κ2) is 6.29. The van der Waals surface area contributed by atoms with E-state index in [4.69, 9.17) is 10.5 Å². The molecule has 24 heavy (non-hydrogen) atoms. The molecule has 2 heterocycles. The Morgan fingerprint density at radius 3 is 2.92 bits per heavy atom. The summed E-state index contributed by atoms with van der Waals surface area (Å²) in [5.41, 5.74) is 10.6. The number of primary amides is 1. The number of nitrogens with two attached hydrogens (primary N) is 1. The molecule has 0 unspecified atom stereocenters. The van der Waals surface area contributed by atoms with Crippen molar-refractivity contribution in [3.63, 3.8) is 0 Å². The third-order valence-corrected chi connectivity index (χ3v) is 5.09. The highest BCUT2D eigenvalue weighted by molar-refractivity contribution is 5.82. The molecule has 4 rings (SSSR count). The van der Waals surface area contributed by atoms with Crippen LogP contribution in [0.4, 0.5) is 0 Å². The van der Waals surface area contributed by atoms with Gasteiger partial charge in [-0.3, -0.25) is 9.69 Å². The molecule has 2 aliphatic heterocycles. The molecule has 2 aliphatic rings. The second-order valence-corrected chi connectivity index (χ2v) is 6.58. The summed E-state index contributed by atoms with van der Waals surface area (Å²) in [6.07, 6.45) is 2.88. The van der Waals surface area contributed by atoms with Crippen LogP contribution in [0.5, 0.6) is 5.75 Å². The molecule has 0 saturated heterocycles. The molecule has 1 amide bonds. The zero-order valence-electron chi connectivity index (χ0n) is 13.7. The first kappa shape index (κ1) is 15.2. The van der Waals surface area contributed by atoms with Crippen LogP contribution < -0.4 is 10.5 Å². The number of hydrogen-bond acceptors (Lipinski definition) is 3. The monoisotopic (exact) mass is 322 g/mol. The fourth-order valence-corrected chi connectivity index (χ4v) is 3.86. The van der Waals surface area contributed by atoms with Gasteiger partial charge in [0.25, 0.3) is 0 Å². The molecule has 2 aromatic carbocycles. The zero-order valence-corrected chi connectivity index (χ0v) is 13.7. The van der Waals surface area contributed by atoms with Crippen LogP contribution in [0.15, 0.2) is 42.5 Å². The van der Waals surface area contributed by atoms with Crippen LogP contribution in [0, 0.1) is 0 Å². The van der Waals surface area contributed by atoms with Crippen LogP contribution in [0.3, 0.4) is 0 Å². The van der Waals surface area contributed by atoms with Crippen LogP contribution >= 0.6 is 0 Å². The lowest BCUT2D eigenvalue weighted by molar-refractivity contribution is -0.123. The summed E-state index contributed by atoms with van der Waals surface area (Å²) in [5, 5.41) is 0. The molecule has 0 spiro atoms. The van der Waals surface area contributed by atoms with Crippen molar-refractivity contribution in [1.82, 2.24) is 4.90 Å². The first-order chi connectivity index (χ1) is 11.7. The highest BCUT2D eigenvalue weighted by Gasteiger charge is 2.30. The maximum Gasteiger partial charge on any atom is 0.239 e. The number of benzene rings is 2. The summed E-state index contributed by atoms with van der Waals surface area (Å²) < 4.78 is 5.56. The molecular weight excluding hydrogens is 300 g/mol. The smallest absolute Gasteiger partial charge is 0.239 e. The average molecular weight is 322 g/mol. The van der Waals surface area contributed by atoms with Gasteiger partial charge in [-0.2, -0.15) is 0 Å². The van der Waals surface area contributed by atoms with Crippen molar-refractivity contribution in [2.45, 2.75) is 25.3 Å². The van der Waals surface area contributed by atoms with Crippen molar-refractivity contribution < 1.29 is 9.53 Å². The lowest BCUT2D eigenvalue weighted by atomic mass is 9.92. The minimum atomic E-state index is -0.312. The molecule has 0 aromatic heterocycles. The Hall–Kier alpha value is -2.33. The summed E-state index contributed by atoms with van der Waals surface area (Å²) >= 11 is 0. The van der Waals surface area contributed by atoms with Crippen molar-refractivity contribution >= 4 is 5.91 Å². The number of fused-ring (bicyclic) bond motifs is 2. The van der Waals surface area contributed by atoms with Gasteiger partial charge in [0.05, 0.1) is 6.61 Å². The van der Waals surface area contributed by atoms with E-state index >= 15 is 0 Å². The Kier molecular flexibility index (Phi) is 3.98. The van der Waals surface area contributed by atoms with E-state index in [1.54, 1.807) is 0 Å². The van der Waals surface area contributed by atoms with Gasteiger partial charge in [-0.1, -0.05) is 36.4 Å². The van der Waals surface area contributed by atoms with Gasteiger partial charge >= 0.3 is 0 Å². The summed E-state index contributed by atoms with van der Waals surface area (Å²) in [5.74, 6) is 0.755. The Morgan fingerprint density at radius 1 is 1.17 bits per heavy atom. The van der Waals surface area contributed by atoms with Gasteiger partial charge in [-0.25, -0.2) is 0 Å². The third kappa shape index (κ3) is 2.78. The van der Waals surface area contributed by atoms with Crippen LogP contribution in [0.25, 0.3) is 0 Å². The predicted octanol–water partition coefficient (Wildman–Crippen LogP) is 2.25. The van der Waals surface area contributed by atoms with Gasteiger partial charge in [-0.15, -0.1) is 0 Å². The normalized spacial score (nSPS) is 19.4. The van der Waals surface area contributed by atoms with E-state index in [9.17, 15) is 4.79 Å². The van der Waals surface area contributed by atoms with Crippen molar-refractivity contribution in [1.29, 1.82) is 0 Å². The Labute approximate surface area is 142 Å². The molecule has 1 atom stereocenters. The summed E-state index contributed by atoms with van der Waals surface area (Å²) in [6, 6.07) is 14.3. The van der Waals surface area contributed by atoms with E-state index in [0.29, 0.717) is 0 Å². The number of carbonyl (C=O) groups is 1. The van der Waals surface area contributed by atoms with Gasteiger partial charge in [-0.05, 0) is 41.2 Å². The van der Waals surface area contributed by atoms with Gasteiger partial charge in [0.1, 0.15) is 11.8 Å². The molecule has 0 fully saturated rings. The quantitative estimate of drug-likeness (QED) is 0.939. The molecular formula is C20H22N2O2. The van der Waals surface area contributed by atoms with E-state index < -0.39 is 0 Å². The van der Waals surface area contributed by atoms with E-state index in [1.807, 2.05) is 18.2 Å². The molecule has 0 saturated carbocycles. The van der Waals surface area contributed by atoms with Crippen LogP contribution in [-0.4, -0.2) is 30.5 Å². The average Bonchev–Trinajstić information content (AvgIpc) is 3.06. The largest absolute Gasteiger partial charge is 0.493 e. The number of hydrogen-bond donors (Lipinski definition) is 1. The Bertz CT molecular complexity index is 772.